The molecule has 0 bridgehead atoms. The van der Waals surface area contributed by atoms with Gasteiger partial charge in [-0.15, -0.1) is 0 Å². The van der Waals surface area contributed by atoms with Crippen LogP contribution in [0.25, 0.3) is 0 Å². The number of carbonyl (C=O) groups is 11. The minimum absolute atomic E-state index is 0. The molecule has 0 aliphatic carbocycles. The highest BCUT2D eigenvalue weighted by Crippen LogP contribution is 2.16. The van der Waals surface area contributed by atoms with Crippen LogP contribution in [0.15, 0.2) is 42.2 Å². The lowest BCUT2D eigenvalue weighted by molar-refractivity contribution is 0.0846. The number of cyclic esters (lactones) is 3. The molecule has 4 aliphatic rings. The van der Waals surface area contributed by atoms with E-state index in [0.29, 0.717) is 24.1 Å². The van der Waals surface area contributed by atoms with Crippen molar-refractivity contribution < 1.29 is 67.0 Å². The van der Waals surface area contributed by atoms with Crippen LogP contribution >= 0.6 is 0 Å². The van der Waals surface area contributed by atoms with Gasteiger partial charge in [-0.1, -0.05) is 55.4 Å². The molecule has 0 spiro atoms. The summed E-state index contributed by atoms with van der Waals surface area (Å²) in [5.74, 6) is 1.25. The van der Waals surface area contributed by atoms with Crippen LogP contribution < -0.4 is 16.0 Å². The highest BCUT2D eigenvalue weighted by molar-refractivity contribution is 6.11. The van der Waals surface area contributed by atoms with E-state index in [1.54, 1.807) is 40.1 Å². The molecule has 4 aliphatic heterocycles. The predicted molar refractivity (Wildman–Crippen MR) is 256 cm³/mol. The number of amidine groups is 1. The molecule has 3 N–H and O–H groups in total. The normalized spacial score (nSPS) is 15.3. The molecule has 0 radical (unpaired) electrons. The number of urea groups is 7. The number of imide groups is 5. The molecule has 4 heterocycles. The molecule has 0 aromatic carbocycles. The lowest BCUT2D eigenvalue weighted by Crippen LogP contribution is -2.59. The maximum atomic E-state index is 11.2. The van der Waals surface area contributed by atoms with Crippen LogP contribution in [0.5, 0.6) is 0 Å². The van der Waals surface area contributed by atoms with Gasteiger partial charge < -0.3 is 30.2 Å². The molecule has 4 fully saturated rings. The van der Waals surface area contributed by atoms with Crippen LogP contribution in [0.4, 0.5) is 52.7 Å². The fraction of sp³-hybridized carbons (Fsp3) is 0.550. The maximum absolute atomic E-state index is 11.2. The molecule has 18 amide bonds. The largest absolute Gasteiger partial charge is 0.449 e. The predicted octanol–water partition coefficient (Wildman–Crippen LogP) is 4.36. The first-order chi connectivity index (χ1) is 30.5. The Hall–Kier alpha value is -8.14. The van der Waals surface area contributed by atoms with Crippen LogP contribution in [-0.4, -0.2) is 239 Å². The van der Waals surface area contributed by atoms with Gasteiger partial charge in [0.05, 0.1) is 6.61 Å². The second kappa shape index (κ2) is 32.5. The molecule has 4 rings (SSSR count). The molecule has 394 valence electrons. The van der Waals surface area contributed by atoms with Crippen LogP contribution in [0.2, 0.25) is 0 Å². The maximum Gasteiger partial charge on any atom is 0.424 e. The molecule has 0 saturated carbocycles. The van der Waals surface area contributed by atoms with Crippen LogP contribution in [-0.2, 0) is 14.2 Å². The van der Waals surface area contributed by atoms with E-state index < -0.39 is 42.5 Å². The third kappa shape index (κ3) is 19.7. The van der Waals surface area contributed by atoms with Gasteiger partial charge in [-0.3, -0.25) is 29.4 Å². The summed E-state index contributed by atoms with van der Waals surface area (Å²) in [7, 11) is 22.4. The first kappa shape index (κ1) is 69.9. The molecule has 0 unspecified atom stereocenters. The van der Waals surface area contributed by atoms with E-state index in [9.17, 15) is 52.7 Å². The van der Waals surface area contributed by atoms with Crippen LogP contribution in [0.1, 0.15) is 42.0 Å². The average Bonchev–Trinajstić information content (AvgIpc) is 3.32. The zero-order valence-electron chi connectivity index (χ0n) is 40.3. The van der Waals surface area contributed by atoms with Crippen molar-refractivity contribution in [2.24, 2.45) is 4.99 Å². The topological polar surface area (TPSA) is 300 Å². The quantitative estimate of drug-likeness (QED) is 0.201. The molecule has 29 heteroatoms. The Bertz CT molecular complexity index is 1800. The first-order valence-corrected chi connectivity index (χ1v) is 19.1. The van der Waals surface area contributed by atoms with Crippen molar-refractivity contribution in [3.63, 3.8) is 0 Å². The summed E-state index contributed by atoms with van der Waals surface area (Å²) in [6.07, 6.45) is -0.702. The Morgan fingerprint density at radius 2 is 0.812 bits per heavy atom. The zero-order chi connectivity index (χ0) is 52.1. The first-order valence-electron chi connectivity index (χ1n) is 19.1. The van der Waals surface area contributed by atoms with Gasteiger partial charge in [-0.2, -0.15) is 0 Å². The van der Waals surface area contributed by atoms with Crippen LogP contribution in [0.3, 0.4) is 0 Å². The van der Waals surface area contributed by atoms with E-state index in [1.165, 1.54) is 85.2 Å². The highest BCUT2D eigenvalue weighted by atomic mass is 16.6. The number of ether oxygens (including phenoxy) is 3. The minimum atomic E-state index is -0.696. The molecule has 4 saturated heterocycles. The van der Waals surface area contributed by atoms with Gasteiger partial charge in [0.25, 0.3) is 0 Å². The molecular formula is C40H75N15O14. The van der Waals surface area contributed by atoms with Gasteiger partial charge >= 0.3 is 72.6 Å². The van der Waals surface area contributed by atoms with Gasteiger partial charge in [0, 0.05) is 106 Å². The standard InChI is InChI=1S/C8H16N2O3.2C7H11N3O2.C6H8N2O3.C5H11N3O2.C4H6N2O2.3CH4/c1-4-5-6-13-8(12)10(3)7(11)9-2;1-5-9(3)6(8-2)12-7(11)10(5)4;1-5-8(2)6(11)10(4)7(12)9(5)3;1-4-7(2)5(9)11-6(10)8(4)3;1-6-4(9)8(3)5(10)7-2;1-5-3(7)6(2)4(5)8;;;/h4-6H2,1-3H3,(H,9,11);2*1H2,2-4H3;1H2,2-3H3;1-3H3,(H,6,9)(H,7,10);1-2H3;3*1H4. The monoisotopic (exact) mass is 990 g/mol. The second-order valence-corrected chi connectivity index (χ2v) is 13.2. The number of unbranched alkanes of at least 4 members (excludes halogenated alkanes) is 1. The molecule has 0 atom stereocenters. The van der Waals surface area contributed by atoms with Crippen LogP contribution in [0, 0.1) is 0 Å². The zero-order valence-corrected chi connectivity index (χ0v) is 40.3. The number of hydrogen-bond donors (Lipinski definition) is 3. The number of amides is 18. The Balaban J connectivity index is -0.000000237. The van der Waals surface area contributed by atoms with Gasteiger partial charge in [0.2, 0.25) is 0 Å². The van der Waals surface area contributed by atoms with Crippen molar-refractivity contribution in [1.82, 2.24) is 69.8 Å². The summed E-state index contributed by atoms with van der Waals surface area (Å²) in [5, 5.41) is 6.93. The molecule has 69 heavy (non-hydrogen) atoms. The van der Waals surface area contributed by atoms with Crippen molar-refractivity contribution in [2.45, 2.75) is 42.0 Å². The van der Waals surface area contributed by atoms with Gasteiger partial charge in [-0.05, 0) is 6.42 Å². The van der Waals surface area contributed by atoms with E-state index in [0.717, 1.165) is 47.1 Å². The number of aliphatic imine (C=N–C) groups is 1. The number of rotatable bonds is 3. The molecule has 0 aromatic rings. The van der Waals surface area contributed by atoms with E-state index in [2.05, 4.69) is 45.4 Å². The third-order valence-corrected chi connectivity index (χ3v) is 8.82. The fourth-order valence-corrected chi connectivity index (χ4v) is 4.12. The highest BCUT2D eigenvalue weighted by Gasteiger charge is 2.37. The fourth-order valence-electron chi connectivity index (χ4n) is 4.12. The van der Waals surface area contributed by atoms with Crippen molar-refractivity contribution in [3.8, 4) is 0 Å². The minimum Gasteiger partial charge on any atom is -0.449 e. The SMILES string of the molecule is C.C.C.C=C1N(C)C(=O)N(C)C(=O)N1C.C=C1N(C)C(=O)OC(=NC)N1C.C=C1N(C)C(=O)OC(=O)N1C.CCCCOC(=O)N(C)C(=O)NC.CN1C(=O)N(C)C1=O.CNC(=O)N(C)C(=O)NC. The number of nitrogens with zero attached hydrogens (tertiary/aromatic N) is 12. The summed E-state index contributed by atoms with van der Waals surface area (Å²) < 4.78 is 13.9. The Labute approximate surface area is 405 Å². The summed E-state index contributed by atoms with van der Waals surface area (Å²) in [6, 6.07) is -2.26. The van der Waals surface area contributed by atoms with Gasteiger partial charge in [0.15, 0.2) is 0 Å². The lowest BCUT2D eigenvalue weighted by Gasteiger charge is -2.36. The van der Waals surface area contributed by atoms with Crippen molar-refractivity contribution in [3.05, 3.63) is 37.2 Å². The van der Waals surface area contributed by atoms with Gasteiger partial charge in [0.1, 0.15) is 17.5 Å². The summed E-state index contributed by atoms with van der Waals surface area (Å²) in [6.45, 7) is 13.2. The smallest absolute Gasteiger partial charge is 0.424 e. The van der Waals surface area contributed by atoms with Crippen molar-refractivity contribution >= 4 is 72.6 Å². The van der Waals surface area contributed by atoms with Gasteiger partial charge in [-0.25, -0.2) is 82.2 Å². The molecular weight excluding hydrogens is 915 g/mol. The van der Waals surface area contributed by atoms with E-state index >= 15 is 0 Å². The molecule has 29 nitrogen and oxygen atoms in total. The third-order valence-electron chi connectivity index (χ3n) is 8.82. The summed E-state index contributed by atoms with van der Waals surface area (Å²) in [4.78, 5) is 136. The Morgan fingerprint density at radius 3 is 1.12 bits per heavy atom. The second-order valence-electron chi connectivity index (χ2n) is 13.2. The molecule has 0 aromatic heterocycles. The average molecular weight is 990 g/mol. The van der Waals surface area contributed by atoms with E-state index in [-0.39, 0.29) is 52.4 Å². The van der Waals surface area contributed by atoms with E-state index in [4.69, 9.17) is 9.47 Å². The number of nitrogens with one attached hydrogen (secondary N) is 3. The number of carbonyl (C=O) groups excluding carboxylic acids is 11. The summed E-state index contributed by atoms with van der Waals surface area (Å²) >= 11 is 0. The van der Waals surface area contributed by atoms with Crippen molar-refractivity contribution in [2.75, 3.05) is 112 Å². The number of hydrogen-bond acceptors (Lipinski definition) is 15. The Morgan fingerprint density at radius 1 is 0.522 bits per heavy atom. The van der Waals surface area contributed by atoms with Crippen molar-refractivity contribution in [1.29, 1.82) is 0 Å². The van der Waals surface area contributed by atoms with E-state index in [1.807, 2.05) is 6.92 Å². The Kier molecular flexibility index (Phi) is 32.9. The summed E-state index contributed by atoms with van der Waals surface area (Å²) in [5.41, 5.74) is 0. The lowest BCUT2D eigenvalue weighted by atomic mass is 10.4.